The van der Waals surface area contributed by atoms with Crippen LogP contribution in [0.1, 0.15) is 26.3 Å². The van der Waals surface area contributed by atoms with Gasteiger partial charge in [-0.15, -0.1) is 0 Å². The molecule has 0 aromatic heterocycles. The van der Waals surface area contributed by atoms with Gasteiger partial charge in [-0.05, 0) is 11.6 Å². The van der Waals surface area contributed by atoms with Crippen molar-refractivity contribution in [2.45, 2.75) is 6.54 Å². The number of non-ortho nitro benzene ring substituents is 1. The topological polar surface area (TPSA) is 121 Å². The van der Waals surface area contributed by atoms with Crippen molar-refractivity contribution < 1.29 is 24.4 Å². The summed E-state index contributed by atoms with van der Waals surface area (Å²) in [6, 6.07) is 12.5. The molecule has 3 rings (SSSR count). The van der Waals surface area contributed by atoms with Crippen LogP contribution in [0.3, 0.4) is 0 Å². The first kappa shape index (κ1) is 19.2. The van der Waals surface area contributed by atoms with Crippen LogP contribution in [-0.2, 0) is 11.3 Å². The predicted octanol–water partition coefficient (Wildman–Crippen LogP) is 1.21. The molecule has 1 aliphatic heterocycles. The fraction of sp³-hybridized carbons (Fsp3) is 0.211. The molecule has 2 aromatic carbocycles. The number of fused-ring (bicyclic) bond motifs is 1. The molecule has 9 heteroatoms. The summed E-state index contributed by atoms with van der Waals surface area (Å²) in [4.78, 5) is 50.0. The van der Waals surface area contributed by atoms with Crippen molar-refractivity contribution in [1.29, 1.82) is 0 Å². The summed E-state index contributed by atoms with van der Waals surface area (Å²) in [5.74, 6) is -1.94. The predicted molar refractivity (Wildman–Crippen MR) is 97.4 cm³/mol. The Morgan fingerprint density at radius 1 is 1.07 bits per heavy atom. The van der Waals surface area contributed by atoms with Crippen molar-refractivity contribution in [2.75, 3.05) is 19.7 Å². The van der Waals surface area contributed by atoms with E-state index in [1.807, 2.05) is 30.3 Å². The summed E-state index contributed by atoms with van der Waals surface area (Å²) in [5.41, 5.74) is 0.463. The zero-order valence-corrected chi connectivity index (χ0v) is 14.8. The minimum atomic E-state index is -0.749. The van der Waals surface area contributed by atoms with Gasteiger partial charge in [0.2, 0.25) is 5.91 Å². The minimum absolute atomic E-state index is 0.0279. The Morgan fingerprint density at radius 2 is 1.75 bits per heavy atom. The highest BCUT2D eigenvalue weighted by molar-refractivity contribution is 6.22. The largest absolute Gasteiger partial charge is 0.395 e. The average Bonchev–Trinajstić information content (AvgIpc) is 2.92. The lowest BCUT2D eigenvalue weighted by atomic mass is 10.1. The standard InChI is InChI=1S/C19H17N3O6/c23-9-8-20(11-13-4-2-1-3-5-13)17(24)12-21-18(25)15-7-6-14(22(27)28)10-16(15)19(21)26/h1-7,10,23H,8-9,11-12H2. The van der Waals surface area contributed by atoms with Gasteiger partial charge >= 0.3 is 0 Å². The third-order valence-corrected chi connectivity index (χ3v) is 4.40. The number of aliphatic hydroxyl groups excluding tert-OH is 1. The van der Waals surface area contributed by atoms with E-state index in [1.165, 1.54) is 11.0 Å². The highest BCUT2D eigenvalue weighted by atomic mass is 16.6. The van der Waals surface area contributed by atoms with Crippen LogP contribution in [0.5, 0.6) is 0 Å². The van der Waals surface area contributed by atoms with Gasteiger partial charge in [0.15, 0.2) is 0 Å². The summed E-state index contributed by atoms with van der Waals surface area (Å²) >= 11 is 0. The number of rotatable bonds is 7. The summed E-state index contributed by atoms with van der Waals surface area (Å²) in [7, 11) is 0. The van der Waals surface area contributed by atoms with Crippen molar-refractivity contribution in [3.8, 4) is 0 Å². The fourth-order valence-electron chi connectivity index (χ4n) is 2.99. The molecule has 144 valence electrons. The van der Waals surface area contributed by atoms with Gasteiger partial charge < -0.3 is 10.0 Å². The zero-order chi connectivity index (χ0) is 20.3. The van der Waals surface area contributed by atoms with E-state index in [1.54, 1.807) is 0 Å². The van der Waals surface area contributed by atoms with Gasteiger partial charge in [-0.2, -0.15) is 0 Å². The molecule has 28 heavy (non-hydrogen) atoms. The summed E-state index contributed by atoms with van der Waals surface area (Å²) < 4.78 is 0. The van der Waals surface area contributed by atoms with Gasteiger partial charge in [0.05, 0.1) is 22.7 Å². The molecule has 1 N–H and O–H groups in total. The SMILES string of the molecule is O=C(CN1C(=O)c2ccc([N+](=O)[O-])cc2C1=O)N(CCO)Cc1ccccc1. The Hall–Kier alpha value is -3.59. The molecule has 0 fully saturated rings. The lowest BCUT2D eigenvalue weighted by Crippen LogP contribution is -2.43. The molecule has 3 amide bonds. The van der Waals surface area contributed by atoms with Crippen LogP contribution in [0.2, 0.25) is 0 Å². The maximum absolute atomic E-state index is 12.7. The van der Waals surface area contributed by atoms with E-state index in [4.69, 9.17) is 0 Å². The second-order valence-corrected chi connectivity index (χ2v) is 6.21. The molecule has 0 radical (unpaired) electrons. The minimum Gasteiger partial charge on any atom is -0.395 e. The van der Waals surface area contributed by atoms with Gasteiger partial charge in [0.1, 0.15) is 6.54 Å². The van der Waals surface area contributed by atoms with Crippen molar-refractivity contribution in [3.05, 3.63) is 75.3 Å². The number of nitrogens with zero attached hydrogens (tertiary/aromatic N) is 3. The molecular weight excluding hydrogens is 366 g/mol. The molecule has 0 spiro atoms. The maximum atomic E-state index is 12.7. The van der Waals surface area contributed by atoms with E-state index in [0.717, 1.165) is 22.6 Å². The number of hydrogen-bond acceptors (Lipinski definition) is 6. The van der Waals surface area contributed by atoms with Crippen LogP contribution in [0.4, 0.5) is 5.69 Å². The Kier molecular flexibility index (Phi) is 5.46. The third kappa shape index (κ3) is 3.74. The average molecular weight is 383 g/mol. The number of imide groups is 1. The highest BCUT2D eigenvalue weighted by Gasteiger charge is 2.38. The van der Waals surface area contributed by atoms with E-state index < -0.39 is 29.2 Å². The second kappa shape index (κ2) is 7.97. The number of nitro benzene ring substituents is 1. The van der Waals surface area contributed by atoms with Crippen molar-refractivity contribution in [2.24, 2.45) is 0 Å². The number of carbonyl (C=O) groups excluding carboxylic acids is 3. The summed E-state index contributed by atoms with van der Waals surface area (Å²) in [6.07, 6.45) is 0. The van der Waals surface area contributed by atoms with E-state index in [9.17, 15) is 29.6 Å². The van der Waals surface area contributed by atoms with Crippen LogP contribution in [0.15, 0.2) is 48.5 Å². The van der Waals surface area contributed by atoms with Crippen LogP contribution in [-0.4, -0.2) is 57.2 Å². The van der Waals surface area contributed by atoms with Crippen molar-refractivity contribution in [1.82, 2.24) is 9.80 Å². The van der Waals surface area contributed by atoms with Gasteiger partial charge in [-0.1, -0.05) is 30.3 Å². The smallest absolute Gasteiger partial charge is 0.270 e. The molecule has 0 aliphatic carbocycles. The van der Waals surface area contributed by atoms with Crippen molar-refractivity contribution >= 4 is 23.4 Å². The number of benzene rings is 2. The fourth-order valence-corrected chi connectivity index (χ4v) is 2.99. The highest BCUT2D eigenvalue weighted by Crippen LogP contribution is 2.26. The molecule has 2 aromatic rings. The molecule has 1 heterocycles. The Balaban J connectivity index is 1.77. The van der Waals surface area contributed by atoms with Crippen LogP contribution < -0.4 is 0 Å². The lowest BCUT2D eigenvalue weighted by molar-refractivity contribution is -0.384. The summed E-state index contributed by atoms with van der Waals surface area (Å²) in [6.45, 7) is -0.517. The van der Waals surface area contributed by atoms with Gasteiger partial charge in [-0.25, -0.2) is 0 Å². The number of nitro groups is 1. The van der Waals surface area contributed by atoms with Gasteiger partial charge in [0, 0.05) is 25.2 Å². The second-order valence-electron chi connectivity index (χ2n) is 6.21. The van der Waals surface area contributed by atoms with Gasteiger partial charge in [0.25, 0.3) is 17.5 Å². The zero-order valence-electron chi connectivity index (χ0n) is 14.8. The first-order valence-corrected chi connectivity index (χ1v) is 8.49. The first-order chi connectivity index (χ1) is 13.4. The molecule has 1 aliphatic rings. The molecule has 0 bridgehead atoms. The Morgan fingerprint density at radius 3 is 2.39 bits per heavy atom. The molecule has 0 atom stereocenters. The number of carbonyl (C=O) groups is 3. The monoisotopic (exact) mass is 383 g/mol. The molecule has 0 saturated heterocycles. The van der Waals surface area contributed by atoms with E-state index in [2.05, 4.69) is 0 Å². The van der Waals surface area contributed by atoms with Crippen LogP contribution >= 0.6 is 0 Å². The Labute approximate surface area is 159 Å². The maximum Gasteiger partial charge on any atom is 0.270 e. The number of amides is 3. The molecule has 0 saturated carbocycles. The van der Waals surface area contributed by atoms with Gasteiger partial charge in [-0.3, -0.25) is 29.4 Å². The lowest BCUT2D eigenvalue weighted by Gasteiger charge is -2.24. The Bertz CT molecular complexity index is 944. The van der Waals surface area contributed by atoms with E-state index in [0.29, 0.717) is 0 Å². The first-order valence-electron chi connectivity index (χ1n) is 8.49. The van der Waals surface area contributed by atoms with Crippen LogP contribution in [0, 0.1) is 10.1 Å². The summed E-state index contributed by atoms with van der Waals surface area (Å²) in [5, 5.41) is 20.1. The molecule has 0 unspecified atom stereocenters. The third-order valence-electron chi connectivity index (χ3n) is 4.40. The molecular formula is C19H17N3O6. The van der Waals surface area contributed by atoms with E-state index in [-0.39, 0.29) is 36.5 Å². The quantitative estimate of drug-likeness (QED) is 0.436. The van der Waals surface area contributed by atoms with Crippen molar-refractivity contribution in [3.63, 3.8) is 0 Å². The number of hydrogen-bond donors (Lipinski definition) is 1. The number of aliphatic hydroxyl groups is 1. The normalized spacial score (nSPS) is 12.8. The molecule has 9 nitrogen and oxygen atoms in total. The van der Waals surface area contributed by atoms with Crippen LogP contribution in [0.25, 0.3) is 0 Å². The van der Waals surface area contributed by atoms with E-state index >= 15 is 0 Å².